The number of rotatable bonds is 6. The topological polar surface area (TPSA) is 81.7 Å². The van der Waals surface area contributed by atoms with E-state index in [1.54, 1.807) is 0 Å². The van der Waals surface area contributed by atoms with Crippen LogP contribution >= 0.6 is 0 Å². The van der Waals surface area contributed by atoms with Gasteiger partial charge in [-0.3, -0.25) is 4.79 Å². The standard InChI is InChI=1S/C20H23NO5S/c1-4-25-18-10-15-9-13(2)26-19(15)11-16(18)12-21-20(22)14-5-7-17(8-6-14)27(3,23)24/h5-8,10-11,13H,4,9,12H2,1-3H3,(H,21,22)/t13-/m1/s1. The van der Waals surface area contributed by atoms with Gasteiger partial charge in [0, 0.05) is 35.9 Å². The highest BCUT2D eigenvalue weighted by atomic mass is 32.2. The molecule has 0 bridgehead atoms. The van der Waals surface area contributed by atoms with Crippen LogP contribution in [0.5, 0.6) is 11.5 Å². The van der Waals surface area contributed by atoms with Crippen LogP contribution in [-0.2, 0) is 22.8 Å². The first-order chi connectivity index (χ1) is 12.8. The molecule has 1 aliphatic heterocycles. The van der Waals surface area contributed by atoms with Crippen molar-refractivity contribution in [1.29, 1.82) is 0 Å². The van der Waals surface area contributed by atoms with E-state index in [4.69, 9.17) is 9.47 Å². The van der Waals surface area contributed by atoms with Crippen molar-refractivity contribution < 1.29 is 22.7 Å². The fraction of sp³-hybridized carbons (Fsp3) is 0.350. The number of fused-ring (bicyclic) bond motifs is 1. The zero-order chi connectivity index (χ0) is 19.6. The van der Waals surface area contributed by atoms with E-state index in [1.165, 1.54) is 24.3 Å². The molecule has 27 heavy (non-hydrogen) atoms. The van der Waals surface area contributed by atoms with Gasteiger partial charge in [0.25, 0.3) is 5.91 Å². The van der Waals surface area contributed by atoms with Crippen molar-refractivity contribution in [2.24, 2.45) is 0 Å². The van der Waals surface area contributed by atoms with Crippen molar-refractivity contribution in [1.82, 2.24) is 5.32 Å². The van der Waals surface area contributed by atoms with Crippen molar-refractivity contribution >= 4 is 15.7 Å². The first-order valence-electron chi connectivity index (χ1n) is 8.81. The van der Waals surface area contributed by atoms with E-state index in [1.807, 2.05) is 26.0 Å². The largest absolute Gasteiger partial charge is 0.494 e. The molecule has 0 saturated heterocycles. The maximum atomic E-state index is 12.4. The molecule has 0 fully saturated rings. The zero-order valence-electron chi connectivity index (χ0n) is 15.6. The second-order valence-electron chi connectivity index (χ2n) is 6.61. The summed E-state index contributed by atoms with van der Waals surface area (Å²) in [5.74, 6) is 1.28. The van der Waals surface area contributed by atoms with E-state index in [0.29, 0.717) is 12.2 Å². The smallest absolute Gasteiger partial charge is 0.251 e. The molecule has 0 radical (unpaired) electrons. The van der Waals surface area contributed by atoms with Crippen molar-refractivity contribution in [3.8, 4) is 11.5 Å². The van der Waals surface area contributed by atoms with Crippen LogP contribution in [0.3, 0.4) is 0 Å². The predicted molar refractivity (Wildman–Crippen MR) is 102 cm³/mol. The summed E-state index contributed by atoms with van der Waals surface area (Å²) in [5, 5.41) is 2.85. The molecule has 144 valence electrons. The number of hydrogen-bond donors (Lipinski definition) is 1. The van der Waals surface area contributed by atoms with Gasteiger partial charge in [0.05, 0.1) is 11.5 Å². The normalized spacial score (nSPS) is 15.7. The van der Waals surface area contributed by atoms with E-state index in [2.05, 4.69) is 5.32 Å². The van der Waals surface area contributed by atoms with Gasteiger partial charge in [-0.1, -0.05) is 0 Å². The van der Waals surface area contributed by atoms with Gasteiger partial charge >= 0.3 is 0 Å². The highest BCUT2D eigenvalue weighted by Crippen LogP contribution is 2.35. The van der Waals surface area contributed by atoms with Crippen LogP contribution in [0.1, 0.15) is 35.3 Å². The molecule has 0 unspecified atom stereocenters. The maximum Gasteiger partial charge on any atom is 0.251 e. The van der Waals surface area contributed by atoms with Crippen LogP contribution in [0.15, 0.2) is 41.3 Å². The van der Waals surface area contributed by atoms with Crippen molar-refractivity contribution in [2.75, 3.05) is 12.9 Å². The first-order valence-corrected chi connectivity index (χ1v) is 10.7. The average molecular weight is 389 g/mol. The first kappa shape index (κ1) is 19.2. The summed E-state index contributed by atoms with van der Waals surface area (Å²) in [7, 11) is -3.29. The van der Waals surface area contributed by atoms with Crippen LogP contribution in [0.2, 0.25) is 0 Å². The van der Waals surface area contributed by atoms with Crippen LogP contribution in [0.4, 0.5) is 0 Å². The molecule has 0 aromatic heterocycles. The lowest BCUT2D eigenvalue weighted by molar-refractivity contribution is 0.0950. The van der Waals surface area contributed by atoms with Crippen LogP contribution in [-0.4, -0.2) is 33.3 Å². The summed E-state index contributed by atoms with van der Waals surface area (Å²) in [5.41, 5.74) is 2.34. The molecular formula is C20H23NO5S. The molecule has 1 amide bonds. The lowest BCUT2D eigenvalue weighted by atomic mass is 10.1. The molecule has 1 atom stereocenters. The fourth-order valence-corrected chi connectivity index (χ4v) is 3.67. The SMILES string of the molecule is CCOc1cc2c(cc1CNC(=O)c1ccc(S(C)(=O)=O)cc1)O[C@H](C)C2. The summed E-state index contributed by atoms with van der Waals surface area (Å²) in [4.78, 5) is 12.6. The third-order valence-electron chi connectivity index (χ3n) is 4.36. The van der Waals surface area contributed by atoms with Gasteiger partial charge < -0.3 is 14.8 Å². The minimum absolute atomic E-state index is 0.132. The number of amides is 1. The van der Waals surface area contributed by atoms with Gasteiger partial charge in [0.15, 0.2) is 9.84 Å². The molecule has 0 saturated carbocycles. The second kappa shape index (κ2) is 7.60. The maximum absolute atomic E-state index is 12.4. The fourth-order valence-electron chi connectivity index (χ4n) is 3.04. The van der Waals surface area contributed by atoms with Crippen molar-refractivity contribution in [2.45, 2.75) is 37.8 Å². The number of nitrogens with one attached hydrogen (secondary N) is 1. The Hall–Kier alpha value is -2.54. The second-order valence-corrected chi connectivity index (χ2v) is 8.63. The Morgan fingerprint density at radius 2 is 1.96 bits per heavy atom. The Morgan fingerprint density at radius 1 is 1.26 bits per heavy atom. The van der Waals surface area contributed by atoms with Crippen LogP contribution in [0.25, 0.3) is 0 Å². The molecule has 7 heteroatoms. The highest BCUT2D eigenvalue weighted by molar-refractivity contribution is 7.90. The lowest BCUT2D eigenvalue weighted by Crippen LogP contribution is -2.23. The van der Waals surface area contributed by atoms with E-state index in [9.17, 15) is 13.2 Å². The average Bonchev–Trinajstić information content (AvgIpc) is 2.98. The van der Waals surface area contributed by atoms with E-state index in [-0.39, 0.29) is 23.5 Å². The summed E-state index contributed by atoms with van der Waals surface area (Å²) >= 11 is 0. The molecule has 2 aromatic rings. The molecule has 6 nitrogen and oxygen atoms in total. The Bertz CT molecular complexity index is 951. The molecule has 1 aliphatic rings. The Morgan fingerprint density at radius 3 is 2.59 bits per heavy atom. The van der Waals surface area contributed by atoms with E-state index >= 15 is 0 Å². The molecule has 0 aliphatic carbocycles. The lowest BCUT2D eigenvalue weighted by Gasteiger charge is -2.13. The number of carbonyl (C=O) groups is 1. The number of sulfone groups is 1. The number of benzene rings is 2. The molecule has 2 aromatic carbocycles. The minimum Gasteiger partial charge on any atom is -0.494 e. The Labute approximate surface area is 159 Å². The van der Waals surface area contributed by atoms with Crippen molar-refractivity contribution in [3.63, 3.8) is 0 Å². The summed E-state index contributed by atoms with van der Waals surface area (Å²) < 4.78 is 34.5. The monoisotopic (exact) mass is 389 g/mol. The molecule has 1 N–H and O–H groups in total. The number of ether oxygens (including phenoxy) is 2. The van der Waals surface area contributed by atoms with Crippen LogP contribution < -0.4 is 14.8 Å². The third kappa shape index (κ3) is 4.42. The number of hydrogen-bond acceptors (Lipinski definition) is 5. The Balaban J connectivity index is 1.74. The van der Waals surface area contributed by atoms with Gasteiger partial charge in [-0.15, -0.1) is 0 Å². The van der Waals surface area contributed by atoms with E-state index < -0.39 is 9.84 Å². The van der Waals surface area contributed by atoms with Gasteiger partial charge in [0.1, 0.15) is 17.6 Å². The summed E-state index contributed by atoms with van der Waals surface area (Å²) in [6.45, 7) is 4.75. The molecule has 0 spiro atoms. The number of carbonyl (C=O) groups excluding carboxylic acids is 1. The molecule has 1 heterocycles. The summed E-state index contributed by atoms with van der Waals surface area (Å²) in [6.07, 6.45) is 2.11. The van der Waals surface area contributed by atoms with Gasteiger partial charge in [-0.25, -0.2) is 8.42 Å². The zero-order valence-corrected chi connectivity index (χ0v) is 16.4. The third-order valence-corrected chi connectivity index (χ3v) is 5.49. The molecular weight excluding hydrogens is 366 g/mol. The summed E-state index contributed by atoms with van der Waals surface area (Å²) in [6, 6.07) is 9.76. The Kier molecular flexibility index (Phi) is 5.41. The molecule has 3 rings (SSSR count). The van der Waals surface area contributed by atoms with E-state index in [0.717, 1.165) is 35.3 Å². The highest BCUT2D eigenvalue weighted by Gasteiger charge is 2.22. The van der Waals surface area contributed by atoms with Crippen molar-refractivity contribution in [3.05, 3.63) is 53.1 Å². The minimum atomic E-state index is -3.29. The van der Waals surface area contributed by atoms with Gasteiger partial charge in [-0.05, 0) is 50.2 Å². The van der Waals surface area contributed by atoms with Crippen LogP contribution in [0, 0.1) is 0 Å². The predicted octanol–water partition coefficient (Wildman–Crippen LogP) is 2.74. The van der Waals surface area contributed by atoms with Gasteiger partial charge in [0.2, 0.25) is 0 Å². The van der Waals surface area contributed by atoms with Gasteiger partial charge in [-0.2, -0.15) is 0 Å². The quantitative estimate of drug-likeness (QED) is 0.822.